The fourth-order valence-electron chi connectivity index (χ4n) is 1.75. The summed E-state index contributed by atoms with van der Waals surface area (Å²) in [6.45, 7) is 2.31. The third kappa shape index (κ3) is 72.9. The fraction of sp³-hybridized carbons (Fsp3) is 1.00. The van der Waals surface area contributed by atoms with E-state index in [2.05, 4.69) is 11.1 Å². The van der Waals surface area contributed by atoms with E-state index in [0.29, 0.717) is 6.42 Å². The third-order valence-corrected chi connectivity index (χ3v) is 3.19. The maximum absolute atomic E-state index is 10.2. The molecule has 162 valence electrons. The zero-order chi connectivity index (χ0) is 17.5. The normalized spacial score (nSPS) is 9.67. The summed E-state index contributed by atoms with van der Waals surface area (Å²) in [6.07, 6.45) is 11.9. The van der Waals surface area contributed by atoms with Gasteiger partial charge in [0.1, 0.15) is 0 Å². The number of phosphoric acid groups is 1. The van der Waals surface area contributed by atoms with Crippen LogP contribution in [0.15, 0.2) is 0 Å². The molecule has 0 aromatic carbocycles. The summed E-state index contributed by atoms with van der Waals surface area (Å²) in [7, 11) is -8.87. The van der Waals surface area contributed by atoms with Gasteiger partial charge in [0.2, 0.25) is 0 Å². The first kappa shape index (κ1) is 48.0. The van der Waals surface area contributed by atoms with E-state index in [0.717, 1.165) is 12.8 Å². The molecule has 0 aromatic rings. The van der Waals surface area contributed by atoms with E-state index in [1.54, 1.807) is 0 Å². The first-order valence-electron chi connectivity index (χ1n) is 7.46. The third-order valence-electron chi connectivity index (χ3n) is 2.73. The second-order valence-corrected chi connectivity index (χ2v) is 7.06. The second-order valence-electron chi connectivity index (χ2n) is 4.94. The Kier molecular flexibility index (Phi) is 56.2. The average Bonchev–Trinajstić information content (AvgIpc) is 2.32. The van der Waals surface area contributed by atoms with Crippen LogP contribution < -0.4 is 29.6 Å². The van der Waals surface area contributed by atoms with E-state index in [1.807, 2.05) is 0 Å². The Morgan fingerprint density at radius 1 is 0.815 bits per heavy atom. The molecule has 0 saturated heterocycles. The molecule has 8 N–H and O–H groups in total. The fourth-order valence-corrected chi connectivity index (χ4v) is 2.08. The Morgan fingerprint density at radius 3 is 1.33 bits per heavy atom. The maximum atomic E-state index is 10.2. The van der Waals surface area contributed by atoms with E-state index in [-0.39, 0.29) is 130 Å². The van der Waals surface area contributed by atoms with Crippen molar-refractivity contribution < 1.29 is 84.0 Å². The molecule has 10 nitrogen and oxygen atoms in total. The molecule has 0 spiro atoms. The van der Waals surface area contributed by atoms with Gasteiger partial charge in [-0.25, -0.2) is 8.75 Å². The molecular weight excluding hydrogens is 470 g/mol. The van der Waals surface area contributed by atoms with Gasteiger partial charge in [-0.1, -0.05) is 64.7 Å². The van der Waals surface area contributed by atoms with Gasteiger partial charge in [-0.15, -0.1) is 0 Å². The molecule has 0 aliphatic rings. The van der Waals surface area contributed by atoms with Crippen molar-refractivity contribution in [3.05, 3.63) is 0 Å². The number of rotatable bonds is 12. The van der Waals surface area contributed by atoms with Crippen LogP contribution in [0, 0.1) is 0 Å². The predicted octanol–water partition coefficient (Wildman–Crippen LogP) is -2.05. The molecular formula is C12H38Ca2NaO10PS. The van der Waals surface area contributed by atoms with E-state index in [9.17, 15) is 8.42 Å². The molecule has 0 atom stereocenters. The molecule has 0 amide bonds. The van der Waals surface area contributed by atoms with Gasteiger partial charge in [-0.2, -0.15) is 8.42 Å². The van der Waals surface area contributed by atoms with Crippen LogP contribution in [0.5, 0.6) is 0 Å². The molecule has 15 heteroatoms. The SMILES string of the molecule is CCCCCCCCCCCCOS(=O)(=O)O.O.O.O=P(O)(O)O.[Ca+2].[Ca+2].[H-].[H-].[H-].[H-].[H-].[Na+]. The summed E-state index contributed by atoms with van der Waals surface area (Å²) in [5.41, 5.74) is 0. The number of hydrogen-bond donors (Lipinski definition) is 4. The van der Waals surface area contributed by atoms with Gasteiger partial charge in [0.15, 0.2) is 0 Å². The number of hydrogen-bond acceptors (Lipinski definition) is 4. The Bertz CT molecular complexity index is 409. The van der Waals surface area contributed by atoms with Crippen LogP contribution in [0.2, 0.25) is 0 Å². The molecule has 0 fully saturated rings. The van der Waals surface area contributed by atoms with Crippen molar-refractivity contribution in [1.29, 1.82) is 0 Å². The standard InChI is InChI=1S/C12H26O4S.2Ca.Na.H3O4P.2H2O.5H/c1-2-3-4-5-6-7-8-9-10-11-12-16-17(13,14)15;;;;1-5(2,3)4;;;;;;;/h2-12H2,1H3,(H,13,14,15);;;;(H3,1,2,3,4);2*1H2;;;;;/q;2*+2;+1;;;;5*-1. The molecule has 0 aliphatic heterocycles. The largest absolute Gasteiger partial charge is 2.00 e. The quantitative estimate of drug-likeness (QED) is 0.0997. The van der Waals surface area contributed by atoms with Crippen molar-refractivity contribution in [2.24, 2.45) is 0 Å². The summed E-state index contributed by atoms with van der Waals surface area (Å²) in [5.74, 6) is 0. The van der Waals surface area contributed by atoms with Crippen LogP contribution >= 0.6 is 7.82 Å². The van der Waals surface area contributed by atoms with Crippen LogP contribution in [0.25, 0.3) is 0 Å². The average molecular weight is 509 g/mol. The van der Waals surface area contributed by atoms with Crippen molar-refractivity contribution in [2.75, 3.05) is 6.61 Å². The van der Waals surface area contributed by atoms with Crippen LogP contribution in [0.3, 0.4) is 0 Å². The molecule has 0 rings (SSSR count). The monoisotopic (exact) mass is 508 g/mol. The van der Waals surface area contributed by atoms with Gasteiger partial charge in [0.05, 0.1) is 6.61 Å². The van der Waals surface area contributed by atoms with Crippen molar-refractivity contribution in [2.45, 2.75) is 71.1 Å². The van der Waals surface area contributed by atoms with Crippen molar-refractivity contribution >= 4 is 93.7 Å². The van der Waals surface area contributed by atoms with Crippen LogP contribution in [0.1, 0.15) is 78.3 Å². The van der Waals surface area contributed by atoms with Gasteiger partial charge in [0.25, 0.3) is 0 Å². The van der Waals surface area contributed by atoms with Crippen LogP contribution in [-0.4, -0.2) is 121 Å². The molecule has 0 aliphatic carbocycles. The topological polar surface area (TPSA) is 204 Å². The van der Waals surface area contributed by atoms with Crippen molar-refractivity contribution in [3.63, 3.8) is 0 Å². The maximum Gasteiger partial charge on any atom is 2.00 e. The molecule has 27 heavy (non-hydrogen) atoms. The van der Waals surface area contributed by atoms with Gasteiger partial charge < -0.3 is 32.8 Å². The Morgan fingerprint density at radius 2 is 1.07 bits per heavy atom. The van der Waals surface area contributed by atoms with Gasteiger partial charge in [-0.05, 0) is 6.42 Å². The predicted molar refractivity (Wildman–Crippen MR) is 108 cm³/mol. The van der Waals surface area contributed by atoms with Crippen LogP contribution in [-0.2, 0) is 19.1 Å². The zero-order valence-electron chi connectivity index (χ0n) is 21.5. The van der Waals surface area contributed by atoms with E-state index >= 15 is 0 Å². The Labute approximate surface area is 252 Å². The summed E-state index contributed by atoms with van der Waals surface area (Å²) in [6, 6.07) is 0. The Hall–Kier alpha value is 3.42. The minimum atomic E-state index is -4.64. The summed E-state index contributed by atoms with van der Waals surface area (Å²) < 4.78 is 41.9. The second kappa shape index (κ2) is 31.6. The summed E-state index contributed by atoms with van der Waals surface area (Å²) in [5, 5.41) is 0. The first-order chi connectivity index (χ1) is 10.1. The molecule has 0 unspecified atom stereocenters. The summed E-state index contributed by atoms with van der Waals surface area (Å²) >= 11 is 0. The molecule has 0 bridgehead atoms. The van der Waals surface area contributed by atoms with Crippen molar-refractivity contribution in [3.8, 4) is 0 Å². The summed E-state index contributed by atoms with van der Waals surface area (Å²) in [4.78, 5) is 21.6. The zero-order valence-corrected chi connectivity index (χ0v) is 24.6. The molecule has 0 aromatic heterocycles. The van der Waals surface area contributed by atoms with E-state index in [1.165, 1.54) is 44.9 Å². The number of unbranched alkanes of at least 4 members (excludes halogenated alkanes) is 9. The molecule has 0 radical (unpaired) electrons. The smallest absolute Gasteiger partial charge is 1.00 e. The van der Waals surface area contributed by atoms with E-state index < -0.39 is 18.2 Å². The molecule has 0 saturated carbocycles. The Balaban J connectivity index is -0.0000000243. The van der Waals surface area contributed by atoms with Crippen LogP contribution in [0.4, 0.5) is 0 Å². The van der Waals surface area contributed by atoms with Gasteiger partial charge in [-0.3, -0.25) is 4.55 Å². The van der Waals surface area contributed by atoms with Gasteiger partial charge in [0, 0.05) is 0 Å². The first-order valence-corrected chi connectivity index (χ1v) is 10.4. The minimum Gasteiger partial charge on any atom is -1.00 e. The van der Waals surface area contributed by atoms with Gasteiger partial charge >= 0.3 is 123 Å². The minimum absolute atomic E-state index is 0. The van der Waals surface area contributed by atoms with E-state index in [4.69, 9.17) is 23.8 Å². The molecule has 0 heterocycles. The van der Waals surface area contributed by atoms with Crippen molar-refractivity contribution in [1.82, 2.24) is 0 Å².